The number of pyridine rings is 1. The molecule has 3 heteroatoms. The summed E-state index contributed by atoms with van der Waals surface area (Å²) in [7, 11) is 0. The van der Waals surface area contributed by atoms with Crippen molar-refractivity contribution >= 4 is 6.08 Å². The number of aromatic nitrogens is 1. The normalized spacial score (nSPS) is 11.8. The highest BCUT2D eigenvalue weighted by molar-refractivity contribution is 5.54. The van der Waals surface area contributed by atoms with Gasteiger partial charge in [-0.3, -0.25) is 4.98 Å². The Balaban J connectivity index is 2.97. The van der Waals surface area contributed by atoms with E-state index in [1.54, 1.807) is 19.2 Å². The number of aryl methyl sites for hydroxylation is 1. The van der Waals surface area contributed by atoms with Crippen molar-refractivity contribution in [1.82, 2.24) is 4.98 Å². The lowest BCUT2D eigenvalue weighted by Gasteiger charge is -2.02. The molecule has 1 aromatic heterocycles. The molecular weight excluding hydrogens is 178 g/mol. The van der Waals surface area contributed by atoms with E-state index in [0.717, 1.165) is 17.6 Å². The van der Waals surface area contributed by atoms with Crippen LogP contribution in [-0.2, 0) is 0 Å². The summed E-state index contributed by atoms with van der Waals surface area (Å²) in [5.41, 5.74) is 2.36. The molecule has 0 bridgehead atoms. The molecule has 0 amide bonds. The van der Waals surface area contributed by atoms with Gasteiger partial charge in [-0.2, -0.15) is 0 Å². The first-order chi connectivity index (χ1) is 6.67. The fraction of sp³-hybridized carbons (Fsp3) is 0.364. The molecule has 1 rings (SSSR count). The molecular formula is C11H15NO2. The van der Waals surface area contributed by atoms with Crippen molar-refractivity contribution in [1.29, 1.82) is 0 Å². The number of hydrogen-bond donors (Lipinski definition) is 2. The number of rotatable bonds is 3. The summed E-state index contributed by atoms with van der Waals surface area (Å²) in [6.45, 7) is 3.77. The van der Waals surface area contributed by atoms with Crippen LogP contribution in [0.3, 0.4) is 0 Å². The molecule has 0 radical (unpaired) electrons. The smallest absolute Gasteiger partial charge is 0.137 e. The van der Waals surface area contributed by atoms with Crippen molar-refractivity contribution in [2.45, 2.75) is 20.3 Å². The van der Waals surface area contributed by atoms with Crippen LogP contribution in [0.1, 0.15) is 24.6 Å². The average Bonchev–Trinajstić information content (AvgIpc) is 2.19. The van der Waals surface area contributed by atoms with Gasteiger partial charge in [0.1, 0.15) is 5.75 Å². The summed E-state index contributed by atoms with van der Waals surface area (Å²) in [4.78, 5) is 4.02. The molecule has 0 aliphatic carbocycles. The third-order valence-electron chi connectivity index (χ3n) is 2.11. The minimum absolute atomic E-state index is 0.0468. The lowest BCUT2D eigenvalue weighted by Crippen LogP contribution is -1.89. The number of aromatic hydroxyl groups is 1. The molecule has 0 saturated heterocycles. The van der Waals surface area contributed by atoms with E-state index in [2.05, 4.69) is 4.98 Å². The minimum Gasteiger partial charge on any atom is -0.506 e. The summed E-state index contributed by atoms with van der Waals surface area (Å²) >= 11 is 0. The molecule has 2 N–H and O–H groups in total. The second-order valence-corrected chi connectivity index (χ2v) is 3.19. The molecule has 0 aromatic carbocycles. The molecule has 76 valence electrons. The van der Waals surface area contributed by atoms with Crippen molar-refractivity contribution in [3.63, 3.8) is 0 Å². The van der Waals surface area contributed by atoms with Gasteiger partial charge in [-0.15, -0.1) is 0 Å². The van der Waals surface area contributed by atoms with E-state index >= 15 is 0 Å². The fourth-order valence-corrected chi connectivity index (χ4v) is 1.11. The zero-order valence-electron chi connectivity index (χ0n) is 8.49. The van der Waals surface area contributed by atoms with E-state index in [1.807, 2.05) is 13.0 Å². The highest BCUT2D eigenvalue weighted by Gasteiger charge is 1.98. The topological polar surface area (TPSA) is 53.4 Å². The maximum Gasteiger partial charge on any atom is 0.137 e. The van der Waals surface area contributed by atoms with Gasteiger partial charge in [0.05, 0.1) is 12.3 Å². The number of aliphatic hydroxyl groups excluding tert-OH is 1. The zero-order chi connectivity index (χ0) is 10.6. The van der Waals surface area contributed by atoms with Gasteiger partial charge in [-0.1, -0.05) is 13.0 Å². The molecule has 0 fully saturated rings. The molecule has 0 atom stereocenters. The first-order valence-electron chi connectivity index (χ1n) is 4.63. The van der Waals surface area contributed by atoms with Crippen molar-refractivity contribution in [3.05, 3.63) is 29.1 Å². The van der Waals surface area contributed by atoms with Crippen LogP contribution >= 0.6 is 0 Å². The molecule has 1 aromatic rings. The Morgan fingerprint density at radius 2 is 2.29 bits per heavy atom. The van der Waals surface area contributed by atoms with Crippen LogP contribution in [0.15, 0.2) is 17.8 Å². The summed E-state index contributed by atoms with van der Waals surface area (Å²) in [6.07, 6.45) is 4.32. The summed E-state index contributed by atoms with van der Waals surface area (Å²) in [5.74, 6) is 0.187. The maximum atomic E-state index is 9.40. The summed E-state index contributed by atoms with van der Waals surface area (Å²) in [6, 6.07) is 1.65. The lowest BCUT2D eigenvalue weighted by molar-refractivity contribution is 0.329. The van der Waals surface area contributed by atoms with Crippen LogP contribution < -0.4 is 0 Å². The Kier molecular flexibility index (Phi) is 3.65. The van der Waals surface area contributed by atoms with Crippen LogP contribution in [-0.4, -0.2) is 21.8 Å². The maximum absolute atomic E-state index is 9.40. The van der Waals surface area contributed by atoms with Crippen molar-refractivity contribution in [2.24, 2.45) is 0 Å². The van der Waals surface area contributed by atoms with Crippen molar-refractivity contribution in [3.8, 4) is 5.75 Å². The number of hydrogen-bond acceptors (Lipinski definition) is 3. The number of aliphatic hydroxyl groups is 1. The molecule has 3 nitrogen and oxygen atoms in total. The number of nitrogens with zero attached hydrogens (tertiary/aromatic N) is 1. The Morgan fingerprint density at radius 3 is 2.79 bits per heavy atom. The predicted octanol–water partition coefficient (Wildman–Crippen LogP) is 1.88. The van der Waals surface area contributed by atoms with E-state index in [1.165, 1.54) is 0 Å². The van der Waals surface area contributed by atoms with Gasteiger partial charge in [0.2, 0.25) is 0 Å². The molecule has 0 unspecified atom stereocenters. The van der Waals surface area contributed by atoms with Crippen LogP contribution in [0.5, 0.6) is 5.75 Å². The van der Waals surface area contributed by atoms with Gasteiger partial charge in [0.25, 0.3) is 0 Å². The first-order valence-corrected chi connectivity index (χ1v) is 4.63. The van der Waals surface area contributed by atoms with Crippen LogP contribution in [0.4, 0.5) is 0 Å². The van der Waals surface area contributed by atoms with Gasteiger partial charge >= 0.3 is 0 Å². The SMILES string of the molecule is CCC(=Cc1cnc(C)c(O)c1)CO. The quantitative estimate of drug-likeness (QED) is 0.770. The summed E-state index contributed by atoms with van der Waals surface area (Å²) in [5, 5.41) is 18.4. The first kappa shape index (κ1) is 10.7. The summed E-state index contributed by atoms with van der Waals surface area (Å²) < 4.78 is 0. The van der Waals surface area contributed by atoms with Gasteiger partial charge < -0.3 is 10.2 Å². The van der Waals surface area contributed by atoms with Gasteiger partial charge in [0, 0.05) is 6.20 Å². The highest BCUT2D eigenvalue weighted by Crippen LogP contribution is 2.17. The average molecular weight is 193 g/mol. The zero-order valence-corrected chi connectivity index (χ0v) is 8.49. The Hall–Kier alpha value is -1.35. The van der Waals surface area contributed by atoms with Gasteiger partial charge in [-0.25, -0.2) is 0 Å². The highest BCUT2D eigenvalue weighted by atomic mass is 16.3. The Bertz CT molecular complexity index is 339. The third kappa shape index (κ3) is 2.57. The molecule has 0 aliphatic rings. The molecule has 0 spiro atoms. The molecule has 0 aliphatic heterocycles. The largest absolute Gasteiger partial charge is 0.506 e. The van der Waals surface area contributed by atoms with Crippen LogP contribution in [0, 0.1) is 6.92 Å². The van der Waals surface area contributed by atoms with Crippen molar-refractivity contribution in [2.75, 3.05) is 6.61 Å². The van der Waals surface area contributed by atoms with E-state index in [-0.39, 0.29) is 12.4 Å². The standard InChI is InChI=1S/C11H15NO2/c1-3-9(7-13)4-10-5-11(14)8(2)12-6-10/h4-6,13-14H,3,7H2,1-2H3. The molecule has 0 saturated carbocycles. The van der Waals surface area contributed by atoms with Crippen molar-refractivity contribution < 1.29 is 10.2 Å². The fourth-order valence-electron chi connectivity index (χ4n) is 1.11. The molecule has 14 heavy (non-hydrogen) atoms. The Labute approximate surface area is 83.7 Å². The lowest BCUT2D eigenvalue weighted by atomic mass is 10.1. The monoisotopic (exact) mass is 193 g/mol. The van der Waals surface area contributed by atoms with Gasteiger partial charge in [-0.05, 0) is 30.5 Å². The minimum atomic E-state index is 0.0468. The van der Waals surface area contributed by atoms with Crippen LogP contribution in [0.25, 0.3) is 6.08 Å². The van der Waals surface area contributed by atoms with Crippen LogP contribution in [0.2, 0.25) is 0 Å². The Morgan fingerprint density at radius 1 is 1.57 bits per heavy atom. The second-order valence-electron chi connectivity index (χ2n) is 3.19. The van der Waals surface area contributed by atoms with E-state index < -0.39 is 0 Å². The molecule has 1 heterocycles. The third-order valence-corrected chi connectivity index (χ3v) is 2.11. The van der Waals surface area contributed by atoms with E-state index in [4.69, 9.17) is 5.11 Å². The second kappa shape index (κ2) is 4.77. The van der Waals surface area contributed by atoms with E-state index in [0.29, 0.717) is 5.69 Å². The predicted molar refractivity (Wildman–Crippen MR) is 56.0 cm³/mol. The van der Waals surface area contributed by atoms with Gasteiger partial charge in [0.15, 0.2) is 0 Å². The van der Waals surface area contributed by atoms with E-state index in [9.17, 15) is 5.11 Å².